The summed E-state index contributed by atoms with van der Waals surface area (Å²) in [5.41, 5.74) is 0.491. The molecule has 22 heavy (non-hydrogen) atoms. The zero-order valence-corrected chi connectivity index (χ0v) is 14.2. The Kier molecular flexibility index (Phi) is 2.96. The van der Waals surface area contributed by atoms with E-state index in [0.29, 0.717) is 0 Å². The molecule has 0 N–H and O–H groups in total. The minimum atomic E-state index is -0.320. The smallest absolute Gasteiger partial charge is 0.399 e. The van der Waals surface area contributed by atoms with Crippen LogP contribution in [0.15, 0.2) is 41.8 Å². The fraction of sp³-hybridized carbons (Fsp3) is 0.333. The summed E-state index contributed by atoms with van der Waals surface area (Å²) >= 11 is 1.79. The summed E-state index contributed by atoms with van der Waals surface area (Å²) in [6.45, 7) is 8.38. The van der Waals surface area contributed by atoms with Crippen LogP contribution in [0.5, 0.6) is 0 Å². The highest BCUT2D eigenvalue weighted by Crippen LogP contribution is 2.38. The Morgan fingerprint density at radius 2 is 1.55 bits per heavy atom. The van der Waals surface area contributed by atoms with Crippen molar-refractivity contribution in [2.45, 2.75) is 38.9 Å². The topological polar surface area (TPSA) is 18.5 Å². The second-order valence-electron chi connectivity index (χ2n) is 6.94. The molecule has 2 aromatic carbocycles. The van der Waals surface area contributed by atoms with E-state index in [1.165, 1.54) is 20.9 Å². The van der Waals surface area contributed by atoms with E-state index in [0.717, 1.165) is 5.46 Å². The highest BCUT2D eigenvalue weighted by Gasteiger charge is 2.52. The number of thiophene rings is 1. The molecular weight excluding hydrogens is 291 g/mol. The zero-order chi connectivity index (χ0) is 15.5. The lowest BCUT2D eigenvalue weighted by molar-refractivity contribution is 0.00578. The van der Waals surface area contributed by atoms with Crippen molar-refractivity contribution in [1.29, 1.82) is 0 Å². The van der Waals surface area contributed by atoms with E-state index in [4.69, 9.17) is 9.31 Å². The summed E-state index contributed by atoms with van der Waals surface area (Å²) in [6.07, 6.45) is 0. The van der Waals surface area contributed by atoms with E-state index in [9.17, 15) is 0 Å². The van der Waals surface area contributed by atoms with Gasteiger partial charge in [0, 0.05) is 4.70 Å². The predicted octanol–water partition coefficient (Wildman–Crippen LogP) is 4.35. The molecule has 2 nitrogen and oxygen atoms in total. The van der Waals surface area contributed by atoms with Gasteiger partial charge in [-0.1, -0.05) is 30.3 Å². The highest BCUT2D eigenvalue weighted by atomic mass is 32.1. The molecule has 1 saturated heterocycles. The van der Waals surface area contributed by atoms with Gasteiger partial charge in [-0.3, -0.25) is 0 Å². The normalized spacial score (nSPS) is 20.1. The van der Waals surface area contributed by atoms with Crippen molar-refractivity contribution in [3.05, 3.63) is 41.8 Å². The Morgan fingerprint density at radius 1 is 0.909 bits per heavy atom. The molecule has 1 aromatic heterocycles. The van der Waals surface area contributed by atoms with Gasteiger partial charge >= 0.3 is 7.12 Å². The summed E-state index contributed by atoms with van der Waals surface area (Å²) < 4.78 is 13.9. The Hall–Kier alpha value is -1.36. The number of benzene rings is 2. The van der Waals surface area contributed by atoms with E-state index < -0.39 is 0 Å². The van der Waals surface area contributed by atoms with Gasteiger partial charge in [-0.25, -0.2) is 0 Å². The van der Waals surface area contributed by atoms with Gasteiger partial charge in [-0.15, -0.1) is 11.3 Å². The van der Waals surface area contributed by atoms with Crippen molar-refractivity contribution in [3.63, 3.8) is 0 Å². The first-order valence-corrected chi connectivity index (χ1v) is 8.51. The van der Waals surface area contributed by atoms with E-state index >= 15 is 0 Å². The molecule has 2 heterocycles. The van der Waals surface area contributed by atoms with E-state index in [2.05, 4.69) is 69.5 Å². The summed E-state index contributed by atoms with van der Waals surface area (Å²) in [6, 6.07) is 12.9. The van der Waals surface area contributed by atoms with Gasteiger partial charge in [0.25, 0.3) is 0 Å². The SMILES string of the molecule is CC1(C)OB(c2cc3ccsc3c3ccccc23)OC1(C)C. The third-order valence-electron chi connectivity index (χ3n) is 5.00. The summed E-state index contributed by atoms with van der Waals surface area (Å²) in [4.78, 5) is 0. The average Bonchev–Trinajstić information content (AvgIpc) is 3.00. The van der Waals surface area contributed by atoms with Crippen LogP contribution >= 0.6 is 11.3 Å². The fourth-order valence-electron chi connectivity index (χ4n) is 2.99. The summed E-state index contributed by atoms with van der Waals surface area (Å²) in [5.74, 6) is 0. The largest absolute Gasteiger partial charge is 0.495 e. The predicted molar refractivity (Wildman–Crippen MR) is 95.0 cm³/mol. The van der Waals surface area contributed by atoms with Gasteiger partial charge in [-0.2, -0.15) is 0 Å². The Bertz CT molecular complexity index is 850. The standard InChI is InChI=1S/C18H19BO2S/c1-17(2)18(3,4)21-19(20-17)15-11-12-9-10-22-16(12)14-8-6-5-7-13(14)15/h5-11H,1-4H3. The lowest BCUT2D eigenvalue weighted by Crippen LogP contribution is -2.41. The number of hydrogen-bond acceptors (Lipinski definition) is 3. The number of fused-ring (bicyclic) bond motifs is 3. The minimum absolute atomic E-state index is 0.317. The van der Waals surface area contributed by atoms with Crippen LogP contribution in [0, 0.1) is 0 Å². The maximum atomic E-state index is 6.26. The van der Waals surface area contributed by atoms with Crippen molar-refractivity contribution >= 4 is 44.8 Å². The van der Waals surface area contributed by atoms with Crippen molar-refractivity contribution < 1.29 is 9.31 Å². The first-order valence-electron chi connectivity index (χ1n) is 7.63. The van der Waals surface area contributed by atoms with Gasteiger partial charge < -0.3 is 9.31 Å². The van der Waals surface area contributed by atoms with E-state index in [1.807, 2.05) is 0 Å². The summed E-state index contributed by atoms with van der Waals surface area (Å²) in [5, 5.41) is 5.90. The fourth-order valence-corrected chi connectivity index (χ4v) is 3.91. The van der Waals surface area contributed by atoms with Crippen LogP contribution in [0.4, 0.5) is 0 Å². The van der Waals surface area contributed by atoms with Crippen molar-refractivity contribution in [1.82, 2.24) is 0 Å². The second-order valence-corrected chi connectivity index (χ2v) is 7.85. The van der Waals surface area contributed by atoms with Crippen LogP contribution in [0.3, 0.4) is 0 Å². The third kappa shape index (κ3) is 1.94. The third-order valence-corrected chi connectivity index (χ3v) is 5.96. The van der Waals surface area contributed by atoms with Crippen molar-refractivity contribution in [2.75, 3.05) is 0 Å². The molecule has 1 fully saturated rings. The van der Waals surface area contributed by atoms with Crippen LogP contribution in [-0.4, -0.2) is 18.3 Å². The monoisotopic (exact) mass is 310 g/mol. The lowest BCUT2D eigenvalue weighted by atomic mass is 9.75. The van der Waals surface area contributed by atoms with Crippen LogP contribution in [0.2, 0.25) is 0 Å². The second kappa shape index (κ2) is 4.57. The van der Waals surface area contributed by atoms with Crippen molar-refractivity contribution in [2.24, 2.45) is 0 Å². The quantitative estimate of drug-likeness (QED) is 0.622. The Morgan fingerprint density at radius 3 is 2.23 bits per heavy atom. The number of hydrogen-bond donors (Lipinski definition) is 0. The molecular formula is C18H19BO2S. The molecule has 0 atom stereocenters. The molecule has 0 saturated carbocycles. The number of rotatable bonds is 1. The van der Waals surface area contributed by atoms with E-state index in [-0.39, 0.29) is 18.3 Å². The molecule has 0 spiro atoms. The molecule has 4 heteroatoms. The first-order chi connectivity index (χ1) is 10.4. The molecule has 0 aliphatic carbocycles. The average molecular weight is 310 g/mol. The molecule has 4 rings (SSSR count). The first kappa shape index (κ1) is 14.3. The maximum absolute atomic E-state index is 6.26. The summed E-state index contributed by atoms with van der Waals surface area (Å²) in [7, 11) is -0.320. The molecule has 0 amide bonds. The molecule has 112 valence electrons. The van der Waals surface area contributed by atoms with Gasteiger partial charge in [0.15, 0.2) is 0 Å². The van der Waals surface area contributed by atoms with Gasteiger partial charge in [-0.05, 0) is 60.8 Å². The molecule has 1 aliphatic rings. The van der Waals surface area contributed by atoms with Gasteiger partial charge in [0.1, 0.15) is 0 Å². The van der Waals surface area contributed by atoms with Crippen LogP contribution < -0.4 is 5.46 Å². The molecule has 0 unspecified atom stereocenters. The highest BCUT2D eigenvalue weighted by molar-refractivity contribution is 7.18. The van der Waals surface area contributed by atoms with Gasteiger partial charge in [0.2, 0.25) is 0 Å². The zero-order valence-electron chi connectivity index (χ0n) is 13.3. The van der Waals surface area contributed by atoms with Crippen LogP contribution in [0.1, 0.15) is 27.7 Å². The molecule has 3 aromatic rings. The van der Waals surface area contributed by atoms with Crippen molar-refractivity contribution in [3.8, 4) is 0 Å². The minimum Gasteiger partial charge on any atom is -0.399 e. The molecule has 1 aliphatic heterocycles. The van der Waals surface area contributed by atoms with Gasteiger partial charge in [0.05, 0.1) is 11.2 Å². The Labute approximate surface area is 135 Å². The van der Waals surface area contributed by atoms with Crippen LogP contribution in [0.25, 0.3) is 20.9 Å². The molecule has 0 radical (unpaired) electrons. The van der Waals surface area contributed by atoms with E-state index in [1.54, 1.807) is 11.3 Å². The molecule has 0 bridgehead atoms. The maximum Gasteiger partial charge on any atom is 0.495 e. The lowest BCUT2D eigenvalue weighted by Gasteiger charge is -2.32. The van der Waals surface area contributed by atoms with Crippen LogP contribution in [-0.2, 0) is 9.31 Å². The Balaban J connectivity index is 1.95.